The lowest BCUT2D eigenvalue weighted by Crippen LogP contribution is -2.32. The Kier molecular flexibility index (Phi) is 6.29. The quantitative estimate of drug-likeness (QED) is 0.319. The molecule has 4 nitrogen and oxygen atoms in total. The second-order valence-electron chi connectivity index (χ2n) is 7.55. The number of aryl methyl sites for hydroxylation is 1. The number of thiophene rings is 1. The van der Waals surface area contributed by atoms with Gasteiger partial charge in [0.1, 0.15) is 5.82 Å². The zero-order chi connectivity index (χ0) is 20.9. The number of nitrogens with zero attached hydrogens (tertiary/aromatic N) is 3. The molecule has 2 aromatic carbocycles. The number of para-hydroxylation sites is 3. The van der Waals surface area contributed by atoms with Crippen molar-refractivity contribution in [3.05, 3.63) is 82.3 Å². The van der Waals surface area contributed by atoms with Crippen molar-refractivity contribution in [2.45, 2.75) is 39.7 Å². The van der Waals surface area contributed by atoms with E-state index in [-0.39, 0.29) is 5.91 Å². The third kappa shape index (κ3) is 4.17. The van der Waals surface area contributed by atoms with E-state index in [4.69, 9.17) is 4.98 Å². The maximum absolute atomic E-state index is 13.4. The van der Waals surface area contributed by atoms with Gasteiger partial charge in [0, 0.05) is 12.2 Å². The fourth-order valence-electron chi connectivity index (χ4n) is 3.76. The van der Waals surface area contributed by atoms with Gasteiger partial charge in [0.05, 0.1) is 22.5 Å². The molecule has 2 heterocycles. The van der Waals surface area contributed by atoms with Crippen LogP contribution in [0.25, 0.3) is 16.7 Å². The van der Waals surface area contributed by atoms with E-state index >= 15 is 0 Å². The lowest BCUT2D eigenvalue weighted by atomic mass is 10.2. The Balaban J connectivity index is 1.74. The van der Waals surface area contributed by atoms with Crippen LogP contribution in [0.3, 0.4) is 0 Å². The monoisotopic (exact) mass is 417 g/mol. The molecule has 0 unspecified atom stereocenters. The molecule has 0 aliphatic rings. The maximum atomic E-state index is 13.4. The second kappa shape index (κ2) is 9.26. The van der Waals surface area contributed by atoms with Crippen molar-refractivity contribution in [2.24, 2.45) is 0 Å². The first-order valence-corrected chi connectivity index (χ1v) is 11.4. The van der Waals surface area contributed by atoms with Crippen LogP contribution in [-0.2, 0) is 6.54 Å². The van der Waals surface area contributed by atoms with E-state index < -0.39 is 0 Å². The molecule has 4 rings (SSSR count). The molecule has 0 radical (unpaired) electrons. The summed E-state index contributed by atoms with van der Waals surface area (Å²) in [4.78, 5) is 21.1. The van der Waals surface area contributed by atoms with Gasteiger partial charge in [-0.1, -0.05) is 50.1 Å². The first-order chi connectivity index (χ1) is 14.7. The van der Waals surface area contributed by atoms with E-state index in [1.54, 1.807) is 0 Å². The van der Waals surface area contributed by atoms with Crippen LogP contribution in [-0.4, -0.2) is 26.9 Å². The van der Waals surface area contributed by atoms with E-state index in [0.29, 0.717) is 6.54 Å². The Bertz CT molecular complexity index is 1130. The molecule has 0 atom stereocenters. The molecule has 154 valence electrons. The van der Waals surface area contributed by atoms with Crippen molar-refractivity contribution in [1.82, 2.24) is 14.5 Å². The molecule has 0 bridgehead atoms. The molecule has 4 aromatic rings. The number of fused-ring (bicyclic) bond motifs is 1. The number of hydrogen-bond donors (Lipinski definition) is 0. The third-order valence-electron chi connectivity index (χ3n) is 5.35. The summed E-state index contributed by atoms with van der Waals surface area (Å²) in [5, 5.41) is 1.99. The summed E-state index contributed by atoms with van der Waals surface area (Å²) < 4.78 is 2.18. The van der Waals surface area contributed by atoms with Crippen molar-refractivity contribution in [3.63, 3.8) is 0 Å². The highest BCUT2D eigenvalue weighted by Gasteiger charge is 2.22. The Hall–Kier alpha value is -2.92. The van der Waals surface area contributed by atoms with Crippen molar-refractivity contribution < 1.29 is 4.79 Å². The minimum atomic E-state index is 0.102. The van der Waals surface area contributed by atoms with Crippen molar-refractivity contribution in [1.29, 1.82) is 0 Å². The molecule has 0 saturated heterocycles. The molecule has 0 aliphatic heterocycles. The molecule has 0 spiro atoms. The maximum Gasteiger partial charge on any atom is 0.264 e. The number of rotatable bonds is 8. The fraction of sp³-hybridized carbons (Fsp3) is 0.280. The number of carbonyl (C=O) groups is 1. The van der Waals surface area contributed by atoms with Crippen LogP contribution in [0, 0.1) is 6.92 Å². The molecule has 5 heteroatoms. The van der Waals surface area contributed by atoms with Gasteiger partial charge in [0.2, 0.25) is 0 Å². The average Bonchev–Trinajstić information content (AvgIpc) is 3.36. The highest BCUT2D eigenvalue weighted by atomic mass is 32.1. The molecule has 2 aromatic heterocycles. The molecule has 0 fully saturated rings. The van der Waals surface area contributed by atoms with Crippen LogP contribution in [0.5, 0.6) is 0 Å². The lowest BCUT2D eigenvalue weighted by Gasteiger charge is -2.23. The first kappa shape index (κ1) is 20.4. The van der Waals surface area contributed by atoms with E-state index in [0.717, 1.165) is 58.8 Å². The average molecular weight is 418 g/mol. The smallest absolute Gasteiger partial charge is 0.264 e. The first-order valence-electron chi connectivity index (χ1n) is 10.5. The van der Waals surface area contributed by atoms with Gasteiger partial charge in [-0.3, -0.25) is 9.36 Å². The molecular formula is C25H27N3OS. The summed E-state index contributed by atoms with van der Waals surface area (Å²) in [6.45, 7) is 5.42. The van der Waals surface area contributed by atoms with Crippen LogP contribution >= 0.6 is 11.3 Å². The van der Waals surface area contributed by atoms with Crippen molar-refractivity contribution >= 4 is 28.3 Å². The number of aromatic nitrogens is 2. The Morgan fingerprint density at radius 1 is 1.03 bits per heavy atom. The van der Waals surface area contributed by atoms with Crippen molar-refractivity contribution in [2.75, 3.05) is 6.54 Å². The molecule has 0 aliphatic carbocycles. The highest BCUT2D eigenvalue weighted by Crippen LogP contribution is 2.24. The summed E-state index contributed by atoms with van der Waals surface area (Å²) in [6, 6.07) is 20.4. The van der Waals surface area contributed by atoms with Gasteiger partial charge in [-0.15, -0.1) is 11.3 Å². The normalized spacial score (nSPS) is 11.1. The van der Waals surface area contributed by atoms with Gasteiger partial charge in [0.25, 0.3) is 5.91 Å². The topological polar surface area (TPSA) is 38.1 Å². The SMILES string of the molecule is CCCCCN(Cc1nc2ccccc2n1-c1ccccc1)C(=O)c1sccc1C. The third-order valence-corrected chi connectivity index (χ3v) is 6.36. The number of benzene rings is 2. The van der Waals surface area contributed by atoms with E-state index in [9.17, 15) is 4.79 Å². The zero-order valence-corrected chi connectivity index (χ0v) is 18.4. The summed E-state index contributed by atoms with van der Waals surface area (Å²) in [5.74, 6) is 0.992. The Morgan fingerprint density at radius 3 is 2.53 bits per heavy atom. The van der Waals surface area contributed by atoms with Crippen LogP contribution in [0.1, 0.15) is 47.2 Å². The summed E-state index contributed by atoms with van der Waals surface area (Å²) in [5.41, 5.74) is 4.12. The summed E-state index contributed by atoms with van der Waals surface area (Å²) in [7, 11) is 0. The van der Waals surface area contributed by atoms with E-state index in [2.05, 4.69) is 29.7 Å². The largest absolute Gasteiger partial charge is 0.330 e. The van der Waals surface area contributed by atoms with Gasteiger partial charge in [-0.2, -0.15) is 0 Å². The number of amides is 1. The van der Waals surface area contributed by atoms with Crippen LogP contribution in [0.2, 0.25) is 0 Å². The lowest BCUT2D eigenvalue weighted by molar-refractivity contribution is 0.0739. The molecule has 0 N–H and O–H groups in total. The van der Waals surface area contributed by atoms with Gasteiger partial charge >= 0.3 is 0 Å². The van der Waals surface area contributed by atoms with Crippen molar-refractivity contribution in [3.8, 4) is 5.69 Å². The second-order valence-corrected chi connectivity index (χ2v) is 8.47. The van der Waals surface area contributed by atoms with Gasteiger partial charge in [-0.25, -0.2) is 4.98 Å². The van der Waals surface area contributed by atoms with Gasteiger partial charge in [0.15, 0.2) is 0 Å². The minimum absolute atomic E-state index is 0.102. The molecule has 30 heavy (non-hydrogen) atoms. The van der Waals surface area contributed by atoms with E-state index in [1.807, 2.05) is 59.7 Å². The molecular weight excluding hydrogens is 390 g/mol. The van der Waals surface area contributed by atoms with Crippen LogP contribution in [0.15, 0.2) is 66.0 Å². The molecule has 1 amide bonds. The number of unbranched alkanes of at least 4 members (excludes halogenated alkanes) is 2. The number of hydrogen-bond acceptors (Lipinski definition) is 3. The van der Waals surface area contributed by atoms with Crippen LogP contribution in [0.4, 0.5) is 0 Å². The highest BCUT2D eigenvalue weighted by molar-refractivity contribution is 7.12. The fourth-order valence-corrected chi connectivity index (χ4v) is 4.65. The predicted octanol–water partition coefficient (Wildman–Crippen LogP) is 6.23. The summed E-state index contributed by atoms with van der Waals surface area (Å²) >= 11 is 1.52. The molecule has 0 saturated carbocycles. The Labute approximate surface area is 181 Å². The van der Waals surface area contributed by atoms with Gasteiger partial charge in [-0.05, 0) is 54.6 Å². The van der Waals surface area contributed by atoms with Gasteiger partial charge < -0.3 is 4.90 Å². The standard InChI is InChI=1S/C25H27N3OS/c1-3-4-10-16-27(25(29)24-19(2)15-17-30-24)18-23-26-21-13-8-9-14-22(21)28(23)20-11-6-5-7-12-20/h5-9,11-15,17H,3-4,10,16,18H2,1-2H3. The predicted molar refractivity (Wildman–Crippen MR) is 124 cm³/mol. The number of imidazole rings is 1. The number of carbonyl (C=O) groups excluding carboxylic acids is 1. The summed E-state index contributed by atoms with van der Waals surface area (Å²) in [6.07, 6.45) is 3.24. The minimum Gasteiger partial charge on any atom is -0.330 e. The van der Waals surface area contributed by atoms with Crippen LogP contribution < -0.4 is 0 Å². The zero-order valence-electron chi connectivity index (χ0n) is 17.5. The van der Waals surface area contributed by atoms with E-state index in [1.165, 1.54) is 11.3 Å². The Morgan fingerprint density at radius 2 is 1.80 bits per heavy atom.